The van der Waals surface area contributed by atoms with Gasteiger partial charge in [-0.3, -0.25) is 9.59 Å². The van der Waals surface area contributed by atoms with Gasteiger partial charge in [0, 0.05) is 24.2 Å². The van der Waals surface area contributed by atoms with Gasteiger partial charge in [-0.2, -0.15) is 0 Å². The minimum Gasteiger partial charge on any atom is -0.462 e. The Bertz CT molecular complexity index is 848. The summed E-state index contributed by atoms with van der Waals surface area (Å²) in [5.74, 6) is -1.15. The largest absolute Gasteiger partial charge is 0.462 e. The number of hydrogen-bond acceptors (Lipinski definition) is 7. The van der Waals surface area contributed by atoms with Crippen LogP contribution in [0.3, 0.4) is 0 Å². The second-order valence-corrected chi connectivity index (χ2v) is 9.06. The summed E-state index contributed by atoms with van der Waals surface area (Å²) in [6, 6.07) is 8.78. The molecule has 0 amide bonds. The van der Waals surface area contributed by atoms with E-state index in [1.54, 1.807) is 24.3 Å². The second kappa shape index (κ2) is 6.55. The summed E-state index contributed by atoms with van der Waals surface area (Å²) in [5, 5.41) is 0. The molecule has 7 nitrogen and oxygen atoms in total. The van der Waals surface area contributed by atoms with Crippen molar-refractivity contribution in [1.29, 1.82) is 0 Å². The number of cyclic esters (lactones) is 1. The first-order chi connectivity index (χ1) is 13.9. The molecule has 0 aromatic heterocycles. The molecule has 2 aliphatic heterocycles. The molecule has 2 saturated carbocycles. The predicted octanol–water partition coefficient (Wildman–Crippen LogP) is 2.34. The fourth-order valence-electron chi connectivity index (χ4n) is 5.36. The zero-order valence-corrected chi connectivity index (χ0v) is 16.4. The summed E-state index contributed by atoms with van der Waals surface area (Å²) in [4.78, 5) is 36.2. The lowest BCUT2D eigenvalue weighted by atomic mass is 9.93. The maximum atomic E-state index is 12.4. The third-order valence-corrected chi connectivity index (χ3v) is 7.07. The van der Waals surface area contributed by atoms with Gasteiger partial charge in [0.2, 0.25) is 6.29 Å². The monoisotopic (exact) mass is 400 g/mol. The Labute approximate surface area is 168 Å². The highest BCUT2D eigenvalue weighted by atomic mass is 16.7. The molecule has 1 aromatic rings. The number of esters is 3. The van der Waals surface area contributed by atoms with E-state index < -0.39 is 12.3 Å². The van der Waals surface area contributed by atoms with Crippen molar-refractivity contribution in [3.8, 4) is 0 Å². The van der Waals surface area contributed by atoms with Crippen LogP contribution in [0.5, 0.6) is 0 Å². The molecule has 0 bridgehead atoms. The molecular formula is C22H24O7. The highest BCUT2D eigenvalue weighted by molar-refractivity contribution is 5.89. The molecule has 4 fully saturated rings. The first kappa shape index (κ1) is 18.6. The fraction of sp³-hybridized carbons (Fsp3) is 0.591. The lowest BCUT2D eigenvalue weighted by Gasteiger charge is -2.27. The Kier molecular flexibility index (Phi) is 4.21. The van der Waals surface area contributed by atoms with E-state index in [2.05, 4.69) is 0 Å². The second-order valence-electron chi connectivity index (χ2n) is 9.06. The maximum Gasteiger partial charge on any atom is 0.338 e. The molecule has 7 heteroatoms. The van der Waals surface area contributed by atoms with Crippen molar-refractivity contribution < 1.29 is 33.3 Å². The standard InChI is InChI=1S/C22H24O7/c1-22(2)17-18(22)21(29-20(17)25)28-15-9-14-12(8-16(23)27-14)13(15)10-26-19(24)11-6-4-3-5-7-11/h3-7,12-15,17-18,21H,8-10H2,1-2H3/t12-,13-,14+,15-,17+,18-,21-/m1/s1. The number of benzene rings is 1. The van der Waals surface area contributed by atoms with E-state index in [1.807, 2.05) is 19.9 Å². The van der Waals surface area contributed by atoms with Gasteiger partial charge in [0.05, 0.1) is 30.6 Å². The minimum absolute atomic E-state index is 0.0468. The van der Waals surface area contributed by atoms with Crippen molar-refractivity contribution in [2.75, 3.05) is 6.61 Å². The number of fused-ring (bicyclic) bond motifs is 2. The Morgan fingerprint density at radius 2 is 1.93 bits per heavy atom. The first-order valence-electron chi connectivity index (χ1n) is 10.1. The smallest absolute Gasteiger partial charge is 0.338 e. The van der Waals surface area contributed by atoms with Crippen LogP contribution < -0.4 is 0 Å². The molecule has 2 heterocycles. The van der Waals surface area contributed by atoms with Gasteiger partial charge in [-0.1, -0.05) is 32.0 Å². The van der Waals surface area contributed by atoms with Crippen LogP contribution in [0.25, 0.3) is 0 Å². The van der Waals surface area contributed by atoms with Gasteiger partial charge in [0.25, 0.3) is 0 Å². The highest BCUT2D eigenvalue weighted by Gasteiger charge is 2.72. The molecular weight excluding hydrogens is 376 g/mol. The van der Waals surface area contributed by atoms with Crippen LogP contribution in [0.2, 0.25) is 0 Å². The van der Waals surface area contributed by atoms with Crippen molar-refractivity contribution in [2.45, 2.75) is 45.2 Å². The Balaban J connectivity index is 1.28. The zero-order chi connectivity index (χ0) is 20.3. The summed E-state index contributed by atoms with van der Waals surface area (Å²) in [5.41, 5.74) is 0.363. The molecule has 7 atom stereocenters. The van der Waals surface area contributed by atoms with Crippen LogP contribution in [-0.4, -0.2) is 43.0 Å². The molecule has 4 aliphatic rings. The van der Waals surface area contributed by atoms with E-state index in [9.17, 15) is 14.4 Å². The molecule has 0 radical (unpaired) electrons. The van der Waals surface area contributed by atoms with Gasteiger partial charge in [-0.05, 0) is 17.5 Å². The molecule has 2 saturated heterocycles. The molecule has 0 spiro atoms. The van der Waals surface area contributed by atoms with Crippen LogP contribution in [0.15, 0.2) is 30.3 Å². The highest BCUT2D eigenvalue weighted by Crippen LogP contribution is 2.65. The topological polar surface area (TPSA) is 88.1 Å². The summed E-state index contributed by atoms with van der Waals surface area (Å²) in [6.07, 6.45) is -0.312. The Morgan fingerprint density at radius 1 is 1.17 bits per heavy atom. The summed E-state index contributed by atoms with van der Waals surface area (Å²) >= 11 is 0. The SMILES string of the molecule is CC1(C)[C@H]2[C@H](O[C@@H]3C[C@@H]4OC(=O)C[C@@H]4[C@H]3COC(=O)c3ccccc3)OC(=O)[C@H]21. The molecule has 2 aliphatic carbocycles. The van der Waals surface area contributed by atoms with Crippen LogP contribution in [0.4, 0.5) is 0 Å². The normalized spacial score (nSPS) is 38.8. The van der Waals surface area contributed by atoms with Crippen LogP contribution in [-0.2, 0) is 28.5 Å². The van der Waals surface area contributed by atoms with Crippen molar-refractivity contribution in [1.82, 2.24) is 0 Å². The number of carbonyl (C=O) groups excluding carboxylic acids is 3. The van der Waals surface area contributed by atoms with Gasteiger partial charge < -0.3 is 18.9 Å². The van der Waals surface area contributed by atoms with Gasteiger partial charge in [-0.25, -0.2) is 4.79 Å². The van der Waals surface area contributed by atoms with Gasteiger partial charge in [-0.15, -0.1) is 0 Å². The van der Waals surface area contributed by atoms with E-state index in [1.165, 1.54) is 0 Å². The van der Waals surface area contributed by atoms with E-state index in [0.717, 1.165) is 0 Å². The third kappa shape index (κ3) is 3.03. The lowest BCUT2D eigenvalue weighted by molar-refractivity contribution is -0.193. The van der Waals surface area contributed by atoms with E-state index in [-0.39, 0.29) is 59.8 Å². The fourth-order valence-corrected chi connectivity index (χ4v) is 5.36. The average molecular weight is 400 g/mol. The van der Waals surface area contributed by atoms with Crippen molar-refractivity contribution in [3.05, 3.63) is 35.9 Å². The van der Waals surface area contributed by atoms with E-state index >= 15 is 0 Å². The van der Waals surface area contributed by atoms with Crippen molar-refractivity contribution >= 4 is 17.9 Å². The number of hydrogen-bond donors (Lipinski definition) is 0. The Morgan fingerprint density at radius 3 is 2.62 bits per heavy atom. The van der Waals surface area contributed by atoms with Crippen molar-refractivity contribution in [2.24, 2.45) is 29.1 Å². The molecule has 0 N–H and O–H groups in total. The maximum absolute atomic E-state index is 12.4. The van der Waals surface area contributed by atoms with Crippen LogP contribution >= 0.6 is 0 Å². The van der Waals surface area contributed by atoms with Crippen LogP contribution in [0, 0.1) is 29.1 Å². The molecule has 1 aromatic carbocycles. The number of carbonyl (C=O) groups is 3. The van der Waals surface area contributed by atoms with E-state index in [0.29, 0.717) is 18.4 Å². The molecule has 29 heavy (non-hydrogen) atoms. The number of rotatable bonds is 5. The van der Waals surface area contributed by atoms with Gasteiger partial charge in [0.15, 0.2) is 0 Å². The number of ether oxygens (including phenoxy) is 4. The third-order valence-electron chi connectivity index (χ3n) is 7.07. The minimum atomic E-state index is -0.589. The summed E-state index contributed by atoms with van der Waals surface area (Å²) in [7, 11) is 0. The quantitative estimate of drug-likeness (QED) is 0.554. The average Bonchev–Trinajstić information content (AvgIpc) is 2.98. The first-order valence-corrected chi connectivity index (χ1v) is 10.1. The molecule has 0 unspecified atom stereocenters. The molecule has 154 valence electrons. The van der Waals surface area contributed by atoms with Crippen molar-refractivity contribution in [3.63, 3.8) is 0 Å². The van der Waals surface area contributed by atoms with E-state index in [4.69, 9.17) is 18.9 Å². The van der Waals surface area contributed by atoms with Gasteiger partial charge >= 0.3 is 17.9 Å². The zero-order valence-electron chi connectivity index (χ0n) is 16.4. The van der Waals surface area contributed by atoms with Gasteiger partial charge in [0.1, 0.15) is 6.10 Å². The summed E-state index contributed by atoms with van der Waals surface area (Å²) in [6.45, 7) is 4.22. The Hall–Kier alpha value is -2.41. The predicted molar refractivity (Wildman–Crippen MR) is 98.3 cm³/mol. The summed E-state index contributed by atoms with van der Waals surface area (Å²) < 4.78 is 22.6. The lowest BCUT2D eigenvalue weighted by Crippen LogP contribution is -2.34. The van der Waals surface area contributed by atoms with Crippen LogP contribution in [0.1, 0.15) is 37.0 Å². The molecule has 5 rings (SSSR count).